The Morgan fingerprint density at radius 1 is 0.660 bits per heavy atom. The van der Waals surface area contributed by atoms with Gasteiger partial charge in [-0.05, 0) is 34.1 Å². The number of methoxy groups -OCH3 is 2. The third-order valence-corrected chi connectivity index (χ3v) is 16.2. The van der Waals surface area contributed by atoms with Crippen LogP contribution in [0.4, 0.5) is 0 Å². The summed E-state index contributed by atoms with van der Waals surface area (Å²) in [5.74, 6) is 2.31. The van der Waals surface area contributed by atoms with Crippen LogP contribution in [0.1, 0.15) is 20.7 Å². The summed E-state index contributed by atoms with van der Waals surface area (Å²) in [7, 11) is 1.00. The molecule has 2 aromatic rings. The van der Waals surface area contributed by atoms with Crippen molar-refractivity contribution in [2.24, 2.45) is 0 Å². The van der Waals surface area contributed by atoms with E-state index in [0.717, 1.165) is 28.2 Å². The average molecular weight is 1070 g/mol. The van der Waals surface area contributed by atoms with Crippen LogP contribution in [0.5, 0.6) is 23.0 Å². The van der Waals surface area contributed by atoms with Crippen LogP contribution in [0.25, 0.3) is 0 Å². The number of carbonyl (C=O) groups excluding carboxylic acids is 2. The van der Waals surface area contributed by atoms with E-state index < -0.39 is 34.5 Å². The number of ether oxygens (including phenoxy) is 6. The number of rotatable bonds is 17. The molecular formula is C33H57BrO8Si2Sn3. The second-order valence-corrected chi connectivity index (χ2v) is 40.0. The minimum absolute atomic E-state index is 0.154. The molecule has 0 saturated heterocycles. The summed E-state index contributed by atoms with van der Waals surface area (Å²) in [4.78, 5) is 33.3. The molecule has 0 aliphatic heterocycles. The molecule has 0 fully saturated rings. The Morgan fingerprint density at radius 3 is 1.38 bits per heavy atom. The van der Waals surface area contributed by atoms with E-state index in [-0.39, 0.29) is 13.6 Å². The van der Waals surface area contributed by atoms with Crippen LogP contribution >= 0.6 is 15.9 Å². The van der Waals surface area contributed by atoms with Gasteiger partial charge in [0.15, 0.2) is 24.6 Å². The van der Waals surface area contributed by atoms with E-state index in [1.165, 1.54) is 0 Å². The first-order valence-corrected chi connectivity index (χ1v) is 39.3. The second kappa shape index (κ2) is 26.1. The molecular weight excluding hydrogens is 1020 g/mol. The minimum atomic E-state index is -2.39. The van der Waals surface area contributed by atoms with Crippen molar-refractivity contribution in [3.63, 3.8) is 0 Å². The first kappa shape index (κ1) is 49.3. The van der Waals surface area contributed by atoms with Gasteiger partial charge in [-0.25, -0.2) is 0 Å². The van der Waals surface area contributed by atoms with E-state index in [0.29, 0.717) is 51.8 Å². The van der Waals surface area contributed by atoms with Crippen LogP contribution in [0, 0.1) is 0 Å². The van der Waals surface area contributed by atoms with Gasteiger partial charge in [0.1, 0.15) is 0 Å². The molecule has 0 atom stereocenters. The Labute approximate surface area is 326 Å². The van der Waals surface area contributed by atoms with Gasteiger partial charge in [-0.3, -0.25) is 4.79 Å². The van der Waals surface area contributed by atoms with E-state index in [1.54, 1.807) is 77.5 Å². The Balaban J connectivity index is 0. The molecule has 0 bridgehead atoms. The van der Waals surface area contributed by atoms with Gasteiger partial charge in [-0.1, -0.05) is 19.6 Å². The van der Waals surface area contributed by atoms with E-state index in [2.05, 4.69) is 79.9 Å². The van der Waals surface area contributed by atoms with Crippen LogP contribution in [0.15, 0.2) is 28.7 Å². The predicted octanol–water partition coefficient (Wildman–Crippen LogP) is 8.11. The number of aldehydes is 2. The predicted molar refractivity (Wildman–Crippen MR) is 210 cm³/mol. The molecule has 0 aliphatic rings. The summed E-state index contributed by atoms with van der Waals surface area (Å²) in [6.07, 6.45) is 1.68. The molecule has 0 N–H and O–H groups in total. The zero-order valence-electron chi connectivity index (χ0n) is 30.9. The van der Waals surface area contributed by atoms with Gasteiger partial charge in [0.05, 0.1) is 7.11 Å². The SMILES string of the molecule is COc1c[c]([Sn]([CH3])([CH3])[CH3])c(C=O)cc1OCOCC[Si](C)(C)C.COc1cc(Br)c(C=O)cc1OCOCC[Si](C)(C)C.[CH3][Sn].[CH3][Sn]. The van der Waals surface area contributed by atoms with Crippen molar-refractivity contribution < 1.29 is 38.0 Å². The van der Waals surface area contributed by atoms with E-state index in [9.17, 15) is 9.59 Å². The van der Waals surface area contributed by atoms with Gasteiger partial charge >= 0.3 is 200 Å². The quantitative estimate of drug-likeness (QED) is 0.0681. The Kier molecular flexibility index (Phi) is 27.3. The van der Waals surface area contributed by atoms with Crippen LogP contribution < -0.4 is 22.5 Å². The maximum absolute atomic E-state index is 11.4. The fraction of sp³-hybridized carbons (Fsp3) is 0.576. The van der Waals surface area contributed by atoms with E-state index in [4.69, 9.17) is 28.4 Å². The summed E-state index contributed by atoms with van der Waals surface area (Å²) in [5.41, 5.74) is 1.23. The molecule has 0 heterocycles. The summed E-state index contributed by atoms with van der Waals surface area (Å²) in [6.45, 7) is 15.6. The molecule has 0 aromatic heterocycles. The Morgan fingerprint density at radius 2 is 1.04 bits per heavy atom. The van der Waals surface area contributed by atoms with Gasteiger partial charge in [-0.2, -0.15) is 0 Å². The third kappa shape index (κ3) is 21.9. The number of benzene rings is 2. The fourth-order valence-corrected chi connectivity index (χ4v) is 9.98. The maximum atomic E-state index is 11.4. The van der Waals surface area contributed by atoms with Crippen molar-refractivity contribution in [3.8, 4) is 23.0 Å². The monoisotopic (exact) mass is 1080 g/mol. The number of halogens is 1. The molecule has 6 radical (unpaired) electrons. The molecule has 2 rings (SSSR count). The molecule has 0 spiro atoms. The standard InChI is InChI=1S/C14H21BrO4Si.C14H21O4Si.5CH3.3Sn/c1-17-13-8-12(15)11(9-16)7-14(13)19-10-18-5-6-20(2,3)4;1-16-13-6-5-12(10-15)9-14(13)18-11-17-7-8-19(2,3)4;;;;;;;;/h7-9H,5-6,10H2,1-4H3;6,9-10H,7-8,11H2,1-4H3;5*1H3;;;. The van der Waals surface area contributed by atoms with Crippen molar-refractivity contribution in [2.45, 2.75) is 76.1 Å². The van der Waals surface area contributed by atoms with Crippen molar-refractivity contribution in [1.82, 2.24) is 0 Å². The van der Waals surface area contributed by atoms with Crippen molar-refractivity contribution in [2.75, 3.05) is 41.0 Å². The zero-order valence-corrected chi connectivity index (χ0v) is 43.0. The average Bonchev–Trinajstić information content (AvgIpc) is 3.01. The van der Waals surface area contributed by atoms with Crippen LogP contribution in [-0.4, -0.2) is 133 Å². The third-order valence-electron chi connectivity index (χ3n) is 6.27. The van der Waals surface area contributed by atoms with E-state index >= 15 is 0 Å². The number of carbonyl (C=O) groups is 2. The Bertz CT molecular complexity index is 1180. The van der Waals surface area contributed by atoms with Crippen molar-refractivity contribution in [3.05, 3.63) is 39.9 Å². The molecule has 0 amide bonds. The van der Waals surface area contributed by atoms with Gasteiger partial charge in [-0.15, -0.1) is 0 Å². The fourth-order valence-electron chi connectivity index (χ4n) is 3.59. The van der Waals surface area contributed by atoms with Crippen molar-refractivity contribution >= 4 is 112 Å². The normalized spacial score (nSPS) is 11.0. The summed E-state index contributed by atoms with van der Waals surface area (Å²) >= 11 is 4.02. The first-order valence-electron chi connectivity index (χ1n) is 15.4. The molecule has 47 heavy (non-hydrogen) atoms. The molecule has 0 aliphatic carbocycles. The molecule has 264 valence electrons. The summed E-state index contributed by atoms with van der Waals surface area (Å²) in [6, 6.07) is 9.29. The van der Waals surface area contributed by atoms with Crippen LogP contribution in [-0.2, 0) is 9.47 Å². The van der Waals surface area contributed by atoms with Gasteiger partial charge < -0.3 is 14.2 Å². The van der Waals surface area contributed by atoms with Crippen LogP contribution in [0.3, 0.4) is 0 Å². The van der Waals surface area contributed by atoms with E-state index in [1.807, 2.05) is 6.07 Å². The Hall–Kier alpha value is 0.210. The summed E-state index contributed by atoms with van der Waals surface area (Å²) < 4.78 is 34.7. The molecule has 0 saturated carbocycles. The molecule has 2 aromatic carbocycles. The van der Waals surface area contributed by atoms with Gasteiger partial charge in [0, 0.05) is 24.7 Å². The molecule has 8 nitrogen and oxygen atoms in total. The topological polar surface area (TPSA) is 89.5 Å². The summed E-state index contributed by atoms with van der Waals surface area (Å²) in [5, 5.41) is 0. The first-order chi connectivity index (χ1) is 22.0. The molecule has 14 heteroatoms. The van der Waals surface area contributed by atoms with Crippen LogP contribution in [0.2, 0.25) is 76.1 Å². The second-order valence-electron chi connectivity index (χ2n) is 13.6. The molecule has 0 unspecified atom stereocenters. The van der Waals surface area contributed by atoms with Gasteiger partial charge in [0.25, 0.3) is 0 Å². The van der Waals surface area contributed by atoms with Crippen molar-refractivity contribution in [1.29, 1.82) is 0 Å². The van der Waals surface area contributed by atoms with Gasteiger partial charge in [0.2, 0.25) is 0 Å². The zero-order chi connectivity index (χ0) is 36.8. The number of hydrogen-bond acceptors (Lipinski definition) is 8. The number of hydrogen-bond donors (Lipinski definition) is 0.